The minimum absolute atomic E-state index is 0.151. The topological polar surface area (TPSA) is 155 Å². The second-order valence-corrected chi connectivity index (χ2v) is 22.3. The van der Waals surface area contributed by atoms with Gasteiger partial charge in [0.25, 0.3) is 0 Å². The molecule has 0 fully saturated rings. The Balaban J connectivity index is 4.72. The smallest absolute Gasteiger partial charge is 0.462 e. The predicted molar refractivity (Wildman–Crippen MR) is 325 cm³/mol. The molecule has 0 aliphatic rings. The zero-order valence-corrected chi connectivity index (χ0v) is 50.8. The summed E-state index contributed by atoms with van der Waals surface area (Å²) in [5, 5.41) is 9.85. The molecule has 0 aliphatic heterocycles. The summed E-state index contributed by atoms with van der Waals surface area (Å²) in [6.45, 7) is 4.42. The van der Waals surface area contributed by atoms with Crippen molar-refractivity contribution < 1.29 is 52.2 Å². The van der Waals surface area contributed by atoms with Gasteiger partial charge < -0.3 is 24.2 Å². The fourth-order valence-electron chi connectivity index (χ4n) is 8.56. The Morgan fingerprint density at radius 1 is 0.372 bits per heavy atom. The Morgan fingerprint density at radius 3 is 1.04 bits per heavy atom. The third-order valence-corrected chi connectivity index (χ3v) is 14.2. The summed E-state index contributed by atoms with van der Waals surface area (Å²) in [6.07, 6.45) is 69.6. The van der Waals surface area contributed by atoms with Gasteiger partial charge >= 0.3 is 25.7 Å². The van der Waals surface area contributed by atoms with Crippen LogP contribution >= 0.6 is 7.82 Å². The van der Waals surface area contributed by atoms with E-state index in [1.807, 2.05) is 0 Å². The molecular weight excluding hydrogens is 1000 g/mol. The summed E-state index contributed by atoms with van der Waals surface area (Å²) in [6, 6.07) is 0. The minimum atomic E-state index is -4.76. The lowest BCUT2D eigenvalue weighted by Gasteiger charge is -2.21. The van der Waals surface area contributed by atoms with Gasteiger partial charge in [0.05, 0.1) is 19.8 Å². The Hall–Kier alpha value is -3.34. The first-order valence-electron chi connectivity index (χ1n) is 31.5. The highest BCUT2D eigenvalue weighted by molar-refractivity contribution is 7.47. The highest BCUT2D eigenvalue weighted by Crippen LogP contribution is 2.43. The van der Waals surface area contributed by atoms with Crippen LogP contribution in [0.25, 0.3) is 0 Å². The lowest BCUT2D eigenvalue weighted by Crippen LogP contribution is -2.30. The van der Waals surface area contributed by atoms with Crippen molar-refractivity contribution in [3.63, 3.8) is 0 Å². The number of ether oxygens (including phenoxy) is 3. The number of hydrogen-bond acceptors (Lipinski definition) is 10. The molecule has 0 aromatic carbocycles. The van der Waals surface area contributed by atoms with E-state index in [2.05, 4.69) is 106 Å². The largest absolute Gasteiger partial charge is 0.472 e. The maximum Gasteiger partial charge on any atom is 0.472 e. The van der Waals surface area contributed by atoms with Gasteiger partial charge in [-0.25, -0.2) is 4.57 Å². The molecule has 78 heavy (non-hydrogen) atoms. The van der Waals surface area contributed by atoms with Crippen LogP contribution in [-0.2, 0) is 42.2 Å². The molecule has 11 nitrogen and oxygen atoms in total. The Labute approximate surface area is 477 Å². The van der Waals surface area contributed by atoms with Gasteiger partial charge in [-0.15, -0.1) is 0 Å². The predicted octanol–water partition coefficient (Wildman–Crippen LogP) is 19.0. The van der Waals surface area contributed by atoms with Crippen LogP contribution in [0.5, 0.6) is 0 Å². The molecule has 0 amide bonds. The van der Waals surface area contributed by atoms with Gasteiger partial charge in [-0.05, 0) is 109 Å². The van der Waals surface area contributed by atoms with Crippen molar-refractivity contribution in [2.75, 3.05) is 26.4 Å². The number of carbonyl (C=O) groups excluding carboxylic acids is 3. The van der Waals surface area contributed by atoms with Crippen molar-refractivity contribution in [3.8, 4) is 0 Å². The fraction of sp³-hybridized carbons (Fsp3) is 0.742. The SMILES string of the molecule is CC/C=C\C/C=C\C/C=C\CCCCCCCCCC(=O)OCC(COP(=O)(O)OCC(CO)OC(=O)CCCCCCCCC/C=C\CCCCCCCC)OC(=O)CCCCCCCCC/C=C\C/C=C\C/C=C\CC. The molecule has 450 valence electrons. The van der Waals surface area contributed by atoms with Gasteiger partial charge in [-0.1, -0.05) is 234 Å². The molecule has 0 rings (SSSR count). The standard InChI is InChI=1S/C66H115O11P/c1-4-7-10-13-16-19-22-25-28-31-34-37-40-43-46-49-52-55-64(68)73-59-63(77-66(70)57-54-51-48-45-42-39-36-33-30-27-24-21-18-15-12-9-6-3)61-75-78(71,72)74-60-62(58-67)76-65(69)56-53-50-47-44-41-38-35-32-29-26-23-20-17-14-11-8-5-2/h7,9-10,12,16,18-19,21,25-30,62-63,67H,4-6,8,11,13-15,17,20,22-24,31-61H2,1-3H3,(H,71,72)/b10-7-,12-9-,19-16-,21-18-,28-25-,29-26-,30-27-. The first-order valence-corrected chi connectivity index (χ1v) is 33.0. The summed E-state index contributed by atoms with van der Waals surface area (Å²) >= 11 is 0. The van der Waals surface area contributed by atoms with E-state index in [1.165, 1.54) is 83.5 Å². The Kier molecular flexibility index (Phi) is 57.2. The van der Waals surface area contributed by atoms with Gasteiger partial charge in [0.2, 0.25) is 0 Å². The quantitative estimate of drug-likeness (QED) is 0.0197. The van der Waals surface area contributed by atoms with Crippen molar-refractivity contribution >= 4 is 25.7 Å². The van der Waals surface area contributed by atoms with E-state index in [1.54, 1.807) is 0 Å². The van der Waals surface area contributed by atoms with Crippen molar-refractivity contribution in [1.29, 1.82) is 0 Å². The number of rotatable bonds is 58. The number of aliphatic hydroxyl groups excluding tert-OH is 1. The van der Waals surface area contributed by atoms with E-state index in [-0.39, 0.29) is 25.9 Å². The first-order chi connectivity index (χ1) is 38.2. The second kappa shape index (κ2) is 59.8. The number of unbranched alkanes of at least 4 members (excludes halogenated alkanes) is 27. The Morgan fingerprint density at radius 2 is 0.667 bits per heavy atom. The zero-order chi connectivity index (χ0) is 56.9. The van der Waals surface area contributed by atoms with Crippen LogP contribution in [0.15, 0.2) is 85.1 Å². The number of esters is 3. The average molecular weight is 1120 g/mol. The molecule has 0 bridgehead atoms. The zero-order valence-electron chi connectivity index (χ0n) is 49.9. The monoisotopic (exact) mass is 1110 g/mol. The molecule has 0 aromatic heterocycles. The van der Waals surface area contributed by atoms with E-state index < -0.39 is 57.8 Å². The van der Waals surface area contributed by atoms with Crippen LogP contribution in [0.4, 0.5) is 0 Å². The first kappa shape index (κ1) is 74.7. The third-order valence-electron chi connectivity index (χ3n) is 13.3. The molecule has 0 heterocycles. The van der Waals surface area contributed by atoms with Crippen molar-refractivity contribution in [2.45, 2.75) is 290 Å². The summed E-state index contributed by atoms with van der Waals surface area (Å²) < 4.78 is 39.7. The van der Waals surface area contributed by atoms with E-state index in [0.29, 0.717) is 19.3 Å². The molecule has 0 saturated carbocycles. The molecule has 0 aliphatic carbocycles. The molecule has 0 saturated heterocycles. The van der Waals surface area contributed by atoms with Gasteiger partial charge in [-0.2, -0.15) is 0 Å². The van der Waals surface area contributed by atoms with Crippen LogP contribution in [0.2, 0.25) is 0 Å². The highest BCUT2D eigenvalue weighted by Gasteiger charge is 2.28. The van der Waals surface area contributed by atoms with Gasteiger partial charge in [0.1, 0.15) is 12.7 Å². The van der Waals surface area contributed by atoms with E-state index in [4.69, 9.17) is 23.3 Å². The molecule has 0 spiro atoms. The second-order valence-electron chi connectivity index (χ2n) is 20.8. The summed E-state index contributed by atoms with van der Waals surface area (Å²) in [5.41, 5.74) is 0. The molecule has 12 heteroatoms. The van der Waals surface area contributed by atoms with E-state index >= 15 is 0 Å². The van der Waals surface area contributed by atoms with Gasteiger partial charge in [-0.3, -0.25) is 23.4 Å². The van der Waals surface area contributed by atoms with Crippen LogP contribution in [0.1, 0.15) is 278 Å². The van der Waals surface area contributed by atoms with Crippen molar-refractivity contribution in [3.05, 3.63) is 85.1 Å². The molecular formula is C66H115O11P. The number of aliphatic hydroxyl groups is 1. The lowest BCUT2D eigenvalue weighted by molar-refractivity contribution is -0.161. The number of allylic oxidation sites excluding steroid dienone is 14. The van der Waals surface area contributed by atoms with Crippen LogP contribution < -0.4 is 0 Å². The summed E-state index contributed by atoms with van der Waals surface area (Å²) in [5.74, 6) is -1.49. The van der Waals surface area contributed by atoms with Crippen LogP contribution in [-0.4, -0.2) is 66.5 Å². The minimum Gasteiger partial charge on any atom is -0.462 e. The van der Waals surface area contributed by atoms with Gasteiger partial charge in [0, 0.05) is 19.3 Å². The van der Waals surface area contributed by atoms with Crippen molar-refractivity contribution in [2.24, 2.45) is 0 Å². The summed E-state index contributed by atoms with van der Waals surface area (Å²) in [7, 11) is -4.76. The fourth-order valence-corrected chi connectivity index (χ4v) is 9.34. The third kappa shape index (κ3) is 57.3. The average Bonchev–Trinajstić information content (AvgIpc) is 3.43. The van der Waals surface area contributed by atoms with Crippen LogP contribution in [0, 0.1) is 0 Å². The lowest BCUT2D eigenvalue weighted by atomic mass is 10.1. The van der Waals surface area contributed by atoms with Crippen LogP contribution in [0.3, 0.4) is 0 Å². The summed E-state index contributed by atoms with van der Waals surface area (Å²) in [4.78, 5) is 48.7. The van der Waals surface area contributed by atoms with E-state index in [9.17, 15) is 28.9 Å². The number of phosphoric acid groups is 1. The molecule has 0 radical (unpaired) electrons. The van der Waals surface area contributed by atoms with E-state index in [0.717, 1.165) is 135 Å². The van der Waals surface area contributed by atoms with Gasteiger partial charge in [0.15, 0.2) is 6.10 Å². The number of carbonyl (C=O) groups is 3. The Bertz CT molecular complexity index is 1630. The molecule has 0 aromatic rings. The maximum atomic E-state index is 12.9. The van der Waals surface area contributed by atoms with Crippen molar-refractivity contribution in [1.82, 2.24) is 0 Å². The maximum absolute atomic E-state index is 12.9. The normalized spacial score (nSPS) is 13.9. The number of hydrogen-bond donors (Lipinski definition) is 2. The molecule has 2 N–H and O–H groups in total. The number of phosphoric ester groups is 1. The molecule has 3 unspecified atom stereocenters. The molecule has 3 atom stereocenters. The highest BCUT2D eigenvalue weighted by atomic mass is 31.2.